The summed E-state index contributed by atoms with van der Waals surface area (Å²) >= 11 is 0. The van der Waals surface area contributed by atoms with Crippen LogP contribution in [-0.2, 0) is 30.3 Å². The second-order valence-electron chi connectivity index (χ2n) is 15.8. The lowest BCUT2D eigenvalue weighted by Gasteiger charge is -2.35. The molecule has 1 unspecified atom stereocenters. The molecule has 7 N–H and O–H groups in total. The van der Waals surface area contributed by atoms with Crippen LogP contribution in [0.4, 0.5) is 9.59 Å². The Morgan fingerprint density at radius 1 is 0.877 bits per heavy atom. The van der Waals surface area contributed by atoms with Gasteiger partial charge in [0.2, 0.25) is 11.8 Å². The van der Waals surface area contributed by atoms with Crippen molar-refractivity contribution in [3.05, 3.63) is 71.8 Å². The van der Waals surface area contributed by atoms with Crippen molar-refractivity contribution >= 4 is 29.7 Å². The molecule has 0 aliphatic carbocycles. The smallest absolute Gasteiger partial charge is 0.407 e. The van der Waals surface area contributed by atoms with Gasteiger partial charge in [0.25, 0.3) is 0 Å². The average molecular weight is 792 g/mol. The lowest BCUT2D eigenvalue weighted by molar-refractivity contribution is -0.140. The van der Waals surface area contributed by atoms with Crippen molar-refractivity contribution < 1.29 is 33.4 Å². The molecule has 0 spiro atoms. The van der Waals surface area contributed by atoms with Crippen LogP contribution in [-0.4, -0.2) is 110 Å². The van der Waals surface area contributed by atoms with Crippen molar-refractivity contribution in [3.63, 3.8) is 0 Å². The van der Waals surface area contributed by atoms with Crippen LogP contribution in [0.15, 0.2) is 60.7 Å². The summed E-state index contributed by atoms with van der Waals surface area (Å²) in [4.78, 5) is 71.9. The highest BCUT2D eigenvalue weighted by Gasteiger charge is 2.34. The van der Waals surface area contributed by atoms with Crippen LogP contribution in [0.5, 0.6) is 0 Å². The van der Waals surface area contributed by atoms with E-state index >= 15 is 0 Å². The highest BCUT2D eigenvalue weighted by atomic mass is 16.6. The highest BCUT2D eigenvalue weighted by Crippen LogP contribution is 2.23. The molecule has 2 saturated heterocycles. The van der Waals surface area contributed by atoms with Gasteiger partial charge in [0.15, 0.2) is 5.78 Å². The molecule has 0 radical (unpaired) electrons. The number of likely N-dealkylation sites (N-methyl/N-ethyl adjacent to an activating group) is 1. The maximum absolute atomic E-state index is 14.2. The fourth-order valence-electron chi connectivity index (χ4n) is 7.54. The lowest BCUT2D eigenvalue weighted by atomic mass is 9.89. The SMILES string of the molecule is CC(C)C[C@@H](NC(=O)[C@@H](Cc1ccccc1)NC(=O)N(C)C(CN)c1ccccc1)C(=O)C[C@H](CCCCN)C(=O)N1CCC(NC(=O)OC2CCOCC2)CC1. The molecule has 57 heavy (non-hydrogen) atoms. The summed E-state index contributed by atoms with van der Waals surface area (Å²) in [5, 5.41) is 8.85. The Morgan fingerprint density at radius 3 is 2.14 bits per heavy atom. The van der Waals surface area contributed by atoms with Gasteiger partial charge in [0.1, 0.15) is 12.1 Å². The summed E-state index contributed by atoms with van der Waals surface area (Å²) in [6.45, 7) is 6.65. The van der Waals surface area contributed by atoms with E-state index in [1.54, 1.807) is 11.9 Å². The molecular weight excluding hydrogens is 727 g/mol. The number of hydrogen-bond donors (Lipinski definition) is 5. The number of hydrogen-bond acceptors (Lipinski definition) is 9. The number of piperidine rings is 1. The van der Waals surface area contributed by atoms with Crippen molar-refractivity contribution in [2.45, 2.75) is 108 Å². The summed E-state index contributed by atoms with van der Waals surface area (Å²) in [6.07, 6.45) is 4.33. The second-order valence-corrected chi connectivity index (χ2v) is 15.8. The number of nitrogens with zero attached hydrogens (tertiary/aromatic N) is 2. The Kier molecular flexibility index (Phi) is 18.7. The summed E-state index contributed by atoms with van der Waals surface area (Å²) in [7, 11) is 1.64. The number of ketones is 1. The van der Waals surface area contributed by atoms with Crippen LogP contribution in [0.2, 0.25) is 0 Å². The number of carbonyl (C=O) groups is 5. The van der Waals surface area contributed by atoms with Gasteiger partial charge in [-0.3, -0.25) is 14.4 Å². The minimum Gasteiger partial charge on any atom is -0.446 e. The number of nitrogens with one attached hydrogen (secondary N) is 3. The highest BCUT2D eigenvalue weighted by molar-refractivity contribution is 5.94. The van der Waals surface area contributed by atoms with Crippen LogP contribution in [0.3, 0.4) is 0 Å². The molecule has 2 aliphatic rings. The van der Waals surface area contributed by atoms with E-state index in [0.29, 0.717) is 77.8 Å². The molecule has 4 atom stereocenters. The van der Waals surface area contributed by atoms with Gasteiger partial charge >= 0.3 is 12.1 Å². The number of unbranched alkanes of at least 4 members (excludes halogenated alkanes) is 1. The van der Waals surface area contributed by atoms with E-state index in [2.05, 4.69) is 16.0 Å². The number of urea groups is 1. The number of carbonyl (C=O) groups excluding carboxylic acids is 5. The number of Topliss-reactive ketones (excluding diaryl/α,β-unsaturated/α-hetero) is 1. The van der Waals surface area contributed by atoms with Crippen molar-refractivity contribution in [2.75, 3.05) is 46.4 Å². The standard InChI is InChI=1S/C43H65N7O7/c1-30(2)26-36(47-40(52)37(27-31-12-6-4-7-13-31)48-42(54)49(3)38(29-45)32-14-8-5-9-15-32)39(51)28-33(16-10-11-21-44)41(53)50-22-17-34(18-23-50)46-43(55)57-35-19-24-56-25-20-35/h4-9,12-15,30,33-38H,10-11,16-29,44-45H2,1-3H3,(H,46,55)(H,47,52)(H,48,54)/t33-,36+,37+,38?/m0/s1. The summed E-state index contributed by atoms with van der Waals surface area (Å²) < 4.78 is 10.9. The zero-order valence-corrected chi connectivity index (χ0v) is 34.0. The third kappa shape index (κ3) is 14.7. The van der Waals surface area contributed by atoms with Crippen LogP contribution in [0.25, 0.3) is 0 Å². The summed E-state index contributed by atoms with van der Waals surface area (Å²) in [6, 6.07) is 16.0. The Balaban J connectivity index is 1.43. The van der Waals surface area contributed by atoms with Crippen LogP contribution in [0.1, 0.15) is 88.8 Å². The van der Waals surface area contributed by atoms with Gasteiger partial charge in [-0.1, -0.05) is 80.9 Å². The number of nitrogens with two attached hydrogens (primary N) is 2. The van der Waals surface area contributed by atoms with Crippen molar-refractivity contribution in [1.29, 1.82) is 0 Å². The number of amides is 5. The zero-order valence-electron chi connectivity index (χ0n) is 34.0. The Labute approximate surface area is 338 Å². The van der Waals surface area contributed by atoms with Crippen LogP contribution in [0, 0.1) is 11.8 Å². The molecule has 2 fully saturated rings. The van der Waals surface area contributed by atoms with Crippen molar-refractivity contribution in [1.82, 2.24) is 25.8 Å². The van der Waals surface area contributed by atoms with Gasteiger partial charge in [-0.15, -0.1) is 0 Å². The van der Waals surface area contributed by atoms with Gasteiger partial charge in [-0.05, 0) is 55.7 Å². The quantitative estimate of drug-likeness (QED) is 0.123. The number of ether oxygens (including phenoxy) is 2. The number of rotatable bonds is 20. The molecule has 2 aromatic carbocycles. The average Bonchev–Trinajstić information content (AvgIpc) is 3.21. The number of benzene rings is 2. The van der Waals surface area contributed by atoms with E-state index in [4.69, 9.17) is 20.9 Å². The Bertz CT molecular complexity index is 1550. The molecule has 4 rings (SSSR count). The molecule has 2 aromatic rings. The predicted molar refractivity (Wildman–Crippen MR) is 219 cm³/mol. The first kappa shape index (κ1) is 45.2. The molecule has 14 heteroatoms. The molecule has 314 valence electrons. The van der Waals surface area contributed by atoms with E-state index < -0.39 is 42.1 Å². The molecule has 0 bridgehead atoms. The van der Waals surface area contributed by atoms with Gasteiger partial charge in [0, 0.05) is 64.3 Å². The monoisotopic (exact) mass is 791 g/mol. The Hall–Kier alpha value is -4.53. The van der Waals surface area contributed by atoms with E-state index in [0.717, 1.165) is 17.5 Å². The number of alkyl carbamates (subject to hydrolysis) is 1. The second kappa shape index (κ2) is 23.6. The first-order valence-corrected chi connectivity index (χ1v) is 20.7. The lowest BCUT2D eigenvalue weighted by Crippen LogP contribution is -2.55. The predicted octanol–water partition coefficient (Wildman–Crippen LogP) is 4.07. The van der Waals surface area contributed by atoms with E-state index in [9.17, 15) is 24.0 Å². The molecule has 5 amide bonds. The Morgan fingerprint density at radius 2 is 1.53 bits per heavy atom. The van der Waals surface area contributed by atoms with Crippen LogP contribution < -0.4 is 27.4 Å². The minimum absolute atomic E-state index is 0.0373. The first-order valence-electron chi connectivity index (χ1n) is 20.7. The maximum atomic E-state index is 14.2. The molecule has 0 saturated carbocycles. The summed E-state index contributed by atoms with van der Waals surface area (Å²) in [5.74, 6) is -1.36. The van der Waals surface area contributed by atoms with Gasteiger partial charge in [-0.2, -0.15) is 0 Å². The third-order valence-electron chi connectivity index (χ3n) is 10.9. The molecular formula is C43H65N7O7. The molecule has 0 aromatic heterocycles. The van der Waals surface area contributed by atoms with Crippen LogP contribution >= 0.6 is 0 Å². The third-order valence-corrected chi connectivity index (χ3v) is 10.9. The normalized spacial score (nSPS) is 17.2. The molecule has 2 heterocycles. The van der Waals surface area contributed by atoms with E-state index in [-0.39, 0.29) is 49.1 Å². The van der Waals surface area contributed by atoms with Crippen molar-refractivity contribution in [3.8, 4) is 0 Å². The molecule has 2 aliphatic heterocycles. The van der Waals surface area contributed by atoms with Gasteiger partial charge in [-0.25, -0.2) is 9.59 Å². The first-order chi connectivity index (χ1) is 27.5. The fraction of sp³-hybridized carbons (Fsp3) is 0.605. The zero-order chi connectivity index (χ0) is 41.2. The maximum Gasteiger partial charge on any atom is 0.407 e. The summed E-state index contributed by atoms with van der Waals surface area (Å²) in [5.41, 5.74) is 13.6. The minimum atomic E-state index is -0.995. The van der Waals surface area contributed by atoms with E-state index in [1.165, 1.54) is 4.90 Å². The largest absolute Gasteiger partial charge is 0.446 e. The number of likely N-dealkylation sites (tertiary alicyclic amines) is 1. The van der Waals surface area contributed by atoms with E-state index in [1.807, 2.05) is 74.5 Å². The van der Waals surface area contributed by atoms with Gasteiger partial charge in [0.05, 0.1) is 25.3 Å². The molecule has 14 nitrogen and oxygen atoms in total. The van der Waals surface area contributed by atoms with Crippen molar-refractivity contribution in [2.24, 2.45) is 23.3 Å². The van der Waals surface area contributed by atoms with Gasteiger partial charge < -0.3 is 46.7 Å². The topological polar surface area (TPSA) is 198 Å². The fourth-order valence-corrected chi connectivity index (χ4v) is 7.54.